The van der Waals surface area contributed by atoms with Gasteiger partial charge in [0.1, 0.15) is 18.2 Å². The molecule has 2 aliphatic carbocycles. The minimum Gasteiger partial charge on any atom is -0.453 e. The summed E-state index contributed by atoms with van der Waals surface area (Å²) in [5.41, 5.74) is -0.226. The van der Waals surface area contributed by atoms with Crippen molar-refractivity contribution in [2.24, 2.45) is 29.1 Å². The summed E-state index contributed by atoms with van der Waals surface area (Å²) in [4.78, 5) is 68.0. The first-order chi connectivity index (χ1) is 20.8. The first-order valence-corrected chi connectivity index (χ1v) is 16.1. The van der Waals surface area contributed by atoms with Crippen LogP contribution in [0.5, 0.6) is 0 Å². The third-order valence-corrected chi connectivity index (χ3v) is 10.3. The summed E-state index contributed by atoms with van der Waals surface area (Å²) in [7, 11) is 0. The van der Waals surface area contributed by atoms with E-state index < -0.39 is 47.8 Å². The summed E-state index contributed by atoms with van der Waals surface area (Å²) in [6.07, 6.45) is 7.69. The van der Waals surface area contributed by atoms with Gasteiger partial charge in [-0.2, -0.15) is 0 Å². The second-order valence-electron chi connectivity index (χ2n) is 13.9. The molecule has 3 aliphatic rings. The van der Waals surface area contributed by atoms with Gasteiger partial charge in [0.2, 0.25) is 17.6 Å². The van der Waals surface area contributed by atoms with E-state index in [1.54, 1.807) is 24.8 Å². The molecule has 0 aromatic heterocycles. The van der Waals surface area contributed by atoms with Gasteiger partial charge in [0, 0.05) is 12.5 Å². The van der Waals surface area contributed by atoms with Gasteiger partial charge in [-0.1, -0.05) is 76.4 Å². The van der Waals surface area contributed by atoms with Gasteiger partial charge in [-0.15, -0.1) is 6.58 Å². The molecule has 5 atom stereocenters. The molecule has 3 amide bonds. The molecule has 0 radical (unpaired) electrons. The number of piperidine rings is 1. The average molecular weight is 608 g/mol. The topological polar surface area (TPSA) is 122 Å². The molecule has 240 valence electrons. The number of nitrogens with one attached hydrogen (secondary N) is 2. The second kappa shape index (κ2) is 13.7. The van der Waals surface area contributed by atoms with Crippen LogP contribution in [0.1, 0.15) is 85.1 Å². The number of likely N-dealkylation sites (tertiary alicyclic amines) is 1. The number of carbonyl (C=O) groups is 5. The second-order valence-corrected chi connectivity index (χ2v) is 13.9. The molecular weight excluding hydrogens is 558 g/mol. The van der Waals surface area contributed by atoms with Crippen LogP contribution in [0, 0.1) is 29.1 Å². The highest BCUT2D eigenvalue weighted by atomic mass is 16.6. The zero-order chi connectivity index (χ0) is 32.2. The Morgan fingerprint density at radius 3 is 2.39 bits per heavy atom. The minimum atomic E-state index is -1.12. The molecule has 9 heteroatoms. The molecule has 0 bridgehead atoms. The molecular formula is C35H49N3O6. The van der Waals surface area contributed by atoms with E-state index >= 15 is 0 Å². The van der Waals surface area contributed by atoms with Crippen LogP contribution >= 0.6 is 0 Å². The normalized spacial score (nSPS) is 23.9. The Bertz CT molecular complexity index is 1250. The molecule has 0 unspecified atom stereocenters. The summed E-state index contributed by atoms with van der Waals surface area (Å²) >= 11 is 0. The van der Waals surface area contributed by atoms with Gasteiger partial charge < -0.3 is 20.3 Å². The largest absolute Gasteiger partial charge is 0.453 e. The summed E-state index contributed by atoms with van der Waals surface area (Å²) < 4.78 is 5.56. The number of ether oxygens (including phenoxy) is 1. The fraction of sp³-hybridized carbons (Fsp3) is 0.629. The van der Waals surface area contributed by atoms with E-state index in [-0.39, 0.29) is 35.5 Å². The van der Waals surface area contributed by atoms with Crippen LogP contribution in [0.25, 0.3) is 0 Å². The number of amides is 3. The van der Waals surface area contributed by atoms with Gasteiger partial charge >= 0.3 is 5.97 Å². The van der Waals surface area contributed by atoms with Crippen LogP contribution in [0.3, 0.4) is 0 Å². The molecule has 2 N–H and O–H groups in total. The zero-order valence-corrected chi connectivity index (χ0v) is 26.9. The number of ketones is 1. The van der Waals surface area contributed by atoms with Gasteiger partial charge in [-0.05, 0) is 68.3 Å². The maximum Gasteiger partial charge on any atom is 0.326 e. The fourth-order valence-corrected chi connectivity index (χ4v) is 7.34. The van der Waals surface area contributed by atoms with E-state index in [0.29, 0.717) is 18.9 Å². The van der Waals surface area contributed by atoms with E-state index in [1.807, 2.05) is 37.3 Å². The number of allylic oxidation sites excluding steroid dienone is 1. The van der Waals surface area contributed by atoms with Crippen molar-refractivity contribution in [1.82, 2.24) is 15.5 Å². The number of hydrogen-bond acceptors (Lipinski definition) is 6. The van der Waals surface area contributed by atoms with Crippen LogP contribution in [-0.2, 0) is 34.3 Å². The number of Topliss-reactive ketones (excluding diaryl/α,β-unsaturated/α-hetero) is 1. The summed E-state index contributed by atoms with van der Waals surface area (Å²) in [5, 5.41) is 5.17. The van der Waals surface area contributed by atoms with Gasteiger partial charge in [-0.25, -0.2) is 0 Å². The fourth-order valence-electron chi connectivity index (χ4n) is 7.34. The van der Waals surface area contributed by atoms with Crippen LogP contribution in [-0.4, -0.2) is 59.5 Å². The average Bonchev–Trinajstić information content (AvgIpc) is 3.32. The summed E-state index contributed by atoms with van der Waals surface area (Å²) in [6, 6.07) is 7.40. The molecule has 1 saturated heterocycles. The smallest absolute Gasteiger partial charge is 0.326 e. The number of benzene rings is 1. The van der Waals surface area contributed by atoms with E-state index in [2.05, 4.69) is 31.1 Å². The first-order valence-electron chi connectivity index (χ1n) is 16.1. The lowest BCUT2D eigenvalue weighted by atomic mass is 9.80. The lowest BCUT2D eigenvalue weighted by Gasteiger charge is -2.35. The SMILES string of the molecule is C=CCC[C@H](NC(=O)[C@@H]1[C@@H]2[C@H](CN1C(=O)[C@@H](C)C1CCCCC1)C2(C)C)C(=O)C(=O)NCC(=O)OC(C)(C)c1ccccc1. The van der Waals surface area contributed by atoms with E-state index in [9.17, 15) is 24.0 Å². The lowest BCUT2D eigenvalue weighted by Crippen LogP contribution is -2.56. The molecule has 1 aromatic rings. The van der Waals surface area contributed by atoms with Crippen molar-refractivity contribution in [3.63, 3.8) is 0 Å². The molecule has 1 heterocycles. The zero-order valence-electron chi connectivity index (χ0n) is 26.9. The Hall–Kier alpha value is -3.49. The third-order valence-electron chi connectivity index (χ3n) is 10.3. The van der Waals surface area contributed by atoms with Gasteiger partial charge in [0.05, 0.1) is 6.04 Å². The molecule has 2 saturated carbocycles. The van der Waals surface area contributed by atoms with E-state index in [4.69, 9.17) is 4.74 Å². The van der Waals surface area contributed by atoms with E-state index in [0.717, 1.165) is 31.2 Å². The van der Waals surface area contributed by atoms with Crippen molar-refractivity contribution in [3.05, 3.63) is 48.6 Å². The van der Waals surface area contributed by atoms with Crippen LogP contribution in [0.15, 0.2) is 43.0 Å². The number of rotatable bonds is 13. The highest BCUT2D eigenvalue weighted by Gasteiger charge is 2.69. The highest BCUT2D eigenvalue weighted by Crippen LogP contribution is 2.65. The maximum absolute atomic E-state index is 13.9. The summed E-state index contributed by atoms with van der Waals surface area (Å²) in [6.45, 7) is 13.4. The standard InChI is InChI=1S/C35H49N3O6/c1-7-8-19-26(30(40)32(42)36-20-27(39)44-35(5,6)24-17-13-10-14-18-24)37-31(41)29-28-25(34(28,3)4)21-38(29)33(43)22(2)23-15-11-9-12-16-23/h7,10,13-14,17-18,22-23,25-26,28-29H,1,8-9,11-12,15-16,19-21H2,2-6H3,(H,36,42)(H,37,41)/t22-,25-,26-,28-,29-/m0/s1. The number of esters is 1. The number of fused-ring (bicyclic) bond motifs is 1. The van der Waals surface area contributed by atoms with Crippen molar-refractivity contribution in [1.29, 1.82) is 0 Å². The first kappa shape index (κ1) is 33.4. The molecule has 44 heavy (non-hydrogen) atoms. The molecule has 4 rings (SSSR count). The van der Waals surface area contributed by atoms with Crippen molar-refractivity contribution in [2.45, 2.75) is 97.2 Å². The number of hydrogen-bond donors (Lipinski definition) is 2. The van der Waals surface area contributed by atoms with Crippen molar-refractivity contribution >= 4 is 29.5 Å². The Morgan fingerprint density at radius 1 is 1.09 bits per heavy atom. The quantitative estimate of drug-likeness (QED) is 0.196. The van der Waals surface area contributed by atoms with Crippen LogP contribution < -0.4 is 10.6 Å². The van der Waals surface area contributed by atoms with Crippen LogP contribution in [0.4, 0.5) is 0 Å². The Kier molecular flexibility index (Phi) is 10.4. The van der Waals surface area contributed by atoms with Gasteiger partial charge in [0.25, 0.3) is 5.91 Å². The van der Waals surface area contributed by atoms with Crippen LogP contribution in [0.2, 0.25) is 0 Å². The van der Waals surface area contributed by atoms with Crippen molar-refractivity contribution in [3.8, 4) is 0 Å². The maximum atomic E-state index is 13.9. The third kappa shape index (κ3) is 7.24. The minimum absolute atomic E-state index is 0.00303. The Morgan fingerprint density at radius 2 is 1.75 bits per heavy atom. The predicted octanol–water partition coefficient (Wildman–Crippen LogP) is 4.30. The molecule has 1 aliphatic heterocycles. The van der Waals surface area contributed by atoms with Crippen molar-refractivity contribution < 1.29 is 28.7 Å². The highest BCUT2D eigenvalue weighted by molar-refractivity contribution is 6.38. The molecule has 9 nitrogen and oxygen atoms in total. The Balaban J connectivity index is 1.40. The monoisotopic (exact) mass is 607 g/mol. The van der Waals surface area contributed by atoms with E-state index in [1.165, 1.54) is 6.42 Å². The van der Waals surface area contributed by atoms with Crippen molar-refractivity contribution in [2.75, 3.05) is 13.1 Å². The summed E-state index contributed by atoms with van der Waals surface area (Å²) in [5.74, 6) is -2.57. The molecule has 3 fully saturated rings. The Labute approximate surface area is 261 Å². The van der Waals surface area contributed by atoms with Gasteiger partial charge in [0.15, 0.2) is 0 Å². The molecule has 0 spiro atoms. The molecule has 1 aromatic carbocycles. The lowest BCUT2D eigenvalue weighted by molar-refractivity contribution is -0.157. The van der Waals surface area contributed by atoms with Gasteiger partial charge in [-0.3, -0.25) is 24.0 Å². The number of carbonyl (C=O) groups excluding carboxylic acids is 5. The predicted molar refractivity (Wildman–Crippen MR) is 167 cm³/mol. The number of nitrogens with zero attached hydrogens (tertiary/aromatic N) is 1.